The van der Waals surface area contributed by atoms with Gasteiger partial charge in [-0.25, -0.2) is 4.79 Å². The highest BCUT2D eigenvalue weighted by Crippen LogP contribution is 2.32. The van der Waals surface area contributed by atoms with Crippen LogP contribution < -0.4 is 14.8 Å². The molecule has 2 heterocycles. The second-order valence-corrected chi connectivity index (χ2v) is 6.48. The number of amides is 2. The van der Waals surface area contributed by atoms with Gasteiger partial charge in [0.25, 0.3) is 0 Å². The largest absolute Gasteiger partial charge is 0.454 e. The lowest BCUT2D eigenvalue weighted by molar-refractivity contribution is 0.0538. The number of hydrogen-bond acceptors (Lipinski definition) is 4. The summed E-state index contributed by atoms with van der Waals surface area (Å²) in [7, 11) is 0. The van der Waals surface area contributed by atoms with Crippen LogP contribution in [0.15, 0.2) is 18.2 Å². The molecule has 1 aromatic carbocycles. The molecule has 3 aliphatic rings. The van der Waals surface area contributed by atoms with E-state index in [0.717, 1.165) is 42.6 Å². The zero-order valence-corrected chi connectivity index (χ0v) is 13.1. The van der Waals surface area contributed by atoms with Crippen LogP contribution >= 0.6 is 0 Å². The van der Waals surface area contributed by atoms with Crippen LogP contribution in [0.2, 0.25) is 0 Å². The Kier molecular flexibility index (Phi) is 3.99. The number of nitrogens with one attached hydrogen (secondary N) is 1. The highest BCUT2D eigenvalue weighted by molar-refractivity contribution is 5.74. The molecule has 0 spiro atoms. The molecule has 2 aliphatic heterocycles. The highest BCUT2D eigenvalue weighted by Gasteiger charge is 2.29. The lowest BCUT2D eigenvalue weighted by atomic mass is 10.2. The van der Waals surface area contributed by atoms with Gasteiger partial charge >= 0.3 is 6.03 Å². The van der Waals surface area contributed by atoms with Crippen molar-refractivity contribution < 1.29 is 19.0 Å². The van der Waals surface area contributed by atoms with Crippen molar-refractivity contribution in [2.24, 2.45) is 5.92 Å². The van der Waals surface area contributed by atoms with E-state index >= 15 is 0 Å². The van der Waals surface area contributed by atoms with E-state index in [2.05, 4.69) is 5.32 Å². The zero-order valence-electron chi connectivity index (χ0n) is 13.1. The molecule has 1 N–H and O–H groups in total. The number of fused-ring (bicyclic) bond motifs is 1. The Labute approximate surface area is 135 Å². The lowest BCUT2D eigenvalue weighted by Gasteiger charge is -2.17. The standard InChI is InChI=1S/C17H22N2O4/c20-17(19-6-5-14(9-19)21-10-12-1-2-12)18-8-13-3-4-15-16(7-13)23-11-22-15/h3-4,7,12,14H,1-2,5-6,8-11H2,(H,18,20). The van der Waals surface area contributed by atoms with Crippen LogP contribution in [0.4, 0.5) is 4.79 Å². The fourth-order valence-corrected chi connectivity index (χ4v) is 2.95. The van der Waals surface area contributed by atoms with Crippen LogP contribution in [0.3, 0.4) is 0 Å². The molecule has 6 heteroatoms. The van der Waals surface area contributed by atoms with E-state index in [9.17, 15) is 4.79 Å². The average molecular weight is 318 g/mol. The fourth-order valence-electron chi connectivity index (χ4n) is 2.95. The van der Waals surface area contributed by atoms with E-state index < -0.39 is 0 Å². The Morgan fingerprint density at radius 1 is 1.26 bits per heavy atom. The van der Waals surface area contributed by atoms with E-state index in [1.807, 2.05) is 23.1 Å². The van der Waals surface area contributed by atoms with Crippen molar-refractivity contribution in [2.75, 3.05) is 26.5 Å². The van der Waals surface area contributed by atoms with Crippen molar-refractivity contribution in [3.8, 4) is 11.5 Å². The minimum atomic E-state index is -0.0276. The van der Waals surface area contributed by atoms with E-state index in [1.54, 1.807) is 0 Å². The van der Waals surface area contributed by atoms with Crippen LogP contribution in [0.25, 0.3) is 0 Å². The molecule has 0 aromatic heterocycles. The molecule has 0 radical (unpaired) electrons. The third kappa shape index (κ3) is 3.52. The minimum Gasteiger partial charge on any atom is -0.454 e. The van der Waals surface area contributed by atoms with Crippen LogP contribution in [-0.4, -0.2) is 43.5 Å². The van der Waals surface area contributed by atoms with Crippen molar-refractivity contribution in [2.45, 2.75) is 31.9 Å². The number of urea groups is 1. The fraction of sp³-hybridized carbons (Fsp3) is 0.588. The maximum atomic E-state index is 12.3. The van der Waals surface area contributed by atoms with Gasteiger partial charge in [-0.1, -0.05) is 6.07 Å². The zero-order chi connectivity index (χ0) is 15.6. The first-order valence-corrected chi connectivity index (χ1v) is 8.31. The first-order valence-electron chi connectivity index (χ1n) is 8.31. The number of nitrogens with zero attached hydrogens (tertiary/aromatic N) is 1. The summed E-state index contributed by atoms with van der Waals surface area (Å²) in [5.74, 6) is 2.27. The summed E-state index contributed by atoms with van der Waals surface area (Å²) in [6.07, 6.45) is 3.73. The number of carbonyl (C=O) groups is 1. The maximum Gasteiger partial charge on any atom is 0.317 e. The first-order chi connectivity index (χ1) is 11.3. The second kappa shape index (κ2) is 6.28. The van der Waals surface area contributed by atoms with Crippen LogP contribution in [0.1, 0.15) is 24.8 Å². The smallest absolute Gasteiger partial charge is 0.317 e. The summed E-state index contributed by atoms with van der Waals surface area (Å²) < 4.78 is 16.5. The molecule has 1 saturated carbocycles. The number of ether oxygens (including phenoxy) is 3. The Morgan fingerprint density at radius 3 is 3.00 bits per heavy atom. The van der Waals surface area contributed by atoms with Crippen molar-refractivity contribution >= 4 is 6.03 Å². The van der Waals surface area contributed by atoms with Gasteiger partial charge in [0.15, 0.2) is 11.5 Å². The topological polar surface area (TPSA) is 60.0 Å². The van der Waals surface area contributed by atoms with Gasteiger partial charge in [-0.15, -0.1) is 0 Å². The van der Waals surface area contributed by atoms with E-state index in [-0.39, 0.29) is 18.9 Å². The molecular formula is C17H22N2O4. The van der Waals surface area contributed by atoms with Gasteiger partial charge in [0.05, 0.1) is 6.10 Å². The highest BCUT2D eigenvalue weighted by atomic mass is 16.7. The number of benzene rings is 1. The van der Waals surface area contributed by atoms with Gasteiger partial charge < -0.3 is 24.4 Å². The number of rotatable bonds is 5. The summed E-state index contributed by atoms with van der Waals surface area (Å²) in [4.78, 5) is 14.1. The van der Waals surface area contributed by atoms with Crippen molar-refractivity contribution in [1.82, 2.24) is 10.2 Å². The third-order valence-electron chi connectivity index (χ3n) is 4.58. The molecule has 6 nitrogen and oxygen atoms in total. The summed E-state index contributed by atoms with van der Waals surface area (Å²) in [5, 5.41) is 2.96. The Hall–Kier alpha value is -1.95. The van der Waals surface area contributed by atoms with Crippen LogP contribution in [0.5, 0.6) is 11.5 Å². The average Bonchev–Trinajstić information content (AvgIpc) is 3.09. The van der Waals surface area contributed by atoms with E-state index in [4.69, 9.17) is 14.2 Å². The number of hydrogen-bond donors (Lipinski definition) is 1. The molecule has 1 saturated heterocycles. The number of likely N-dealkylation sites (tertiary alicyclic amines) is 1. The van der Waals surface area contributed by atoms with Crippen molar-refractivity contribution in [1.29, 1.82) is 0 Å². The van der Waals surface area contributed by atoms with Crippen molar-refractivity contribution in [3.63, 3.8) is 0 Å². The minimum absolute atomic E-state index is 0.0276. The molecule has 1 aromatic rings. The molecule has 124 valence electrons. The van der Waals surface area contributed by atoms with Crippen LogP contribution in [-0.2, 0) is 11.3 Å². The third-order valence-corrected chi connectivity index (χ3v) is 4.58. The molecule has 1 unspecified atom stereocenters. The lowest BCUT2D eigenvalue weighted by Crippen LogP contribution is -2.38. The monoisotopic (exact) mass is 318 g/mol. The summed E-state index contributed by atoms with van der Waals surface area (Å²) in [5.41, 5.74) is 1.00. The van der Waals surface area contributed by atoms with Gasteiger partial charge in [-0.05, 0) is 42.9 Å². The van der Waals surface area contributed by atoms with Crippen molar-refractivity contribution in [3.05, 3.63) is 23.8 Å². The quantitative estimate of drug-likeness (QED) is 0.903. The molecular weight excluding hydrogens is 296 g/mol. The van der Waals surface area contributed by atoms with E-state index in [0.29, 0.717) is 13.1 Å². The molecule has 1 atom stereocenters. The van der Waals surface area contributed by atoms with Gasteiger partial charge in [-0.3, -0.25) is 0 Å². The number of carbonyl (C=O) groups excluding carboxylic acids is 1. The maximum absolute atomic E-state index is 12.3. The summed E-state index contributed by atoms with van der Waals surface area (Å²) in [6, 6.07) is 5.70. The molecule has 0 bridgehead atoms. The normalized spacial score (nSPS) is 22.4. The molecule has 23 heavy (non-hydrogen) atoms. The van der Waals surface area contributed by atoms with Gasteiger partial charge in [0.1, 0.15) is 0 Å². The molecule has 2 fully saturated rings. The Morgan fingerprint density at radius 2 is 2.13 bits per heavy atom. The van der Waals surface area contributed by atoms with Gasteiger partial charge in [0.2, 0.25) is 6.79 Å². The van der Waals surface area contributed by atoms with Crippen LogP contribution in [0, 0.1) is 5.92 Å². The summed E-state index contributed by atoms with van der Waals surface area (Å²) >= 11 is 0. The summed E-state index contributed by atoms with van der Waals surface area (Å²) in [6.45, 7) is 3.07. The van der Waals surface area contributed by atoms with Gasteiger partial charge in [-0.2, -0.15) is 0 Å². The SMILES string of the molecule is O=C(NCc1ccc2c(c1)OCO2)N1CCC(OCC2CC2)C1. The first kappa shape index (κ1) is 14.6. The van der Waals surface area contributed by atoms with E-state index in [1.165, 1.54) is 12.8 Å². The molecule has 1 aliphatic carbocycles. The second-order valence-electron chi connectivity index (χ2n) is 6.48. The molecule has 2 amide bonds. The van der Waals surface area contributed by atoms with Gasteiger partial charge in [0, 0.05) is 26.2 Å². The predicted molar refractivity (Wildman–Crippen MR) is 83.5 cm³/mol. The Bertz CT molecular complexity index is 588. The Balaban J connectivity index is 1.23. The molecule has 4 rings (SSSR count). The predicted octanol–water partition coefficient (Wildman–Crippen LogP) is 2.13.